The van der Waals surface area contributed by atoms with E-state index >= 15 is 0 Å². The number of nitrogens with one attached hydrogen (secondary N) is 2. The second-order valence-corrected chi connectivity index (χ2v) is 7.73. The number of aromatic amines is 2. The molecule has 1 aliphatic heterocycles. The van der Waals surface area contributed by atoms with E-state index in [0.717, 1.165) is 47.2 Å². The number of nitrogens with zero attached hydrogens (tertiary/aromatic N) is 2. The van der Waals surface area contributed by atoms with Crippen molar-refractivity contribution in [2.45, 2.75) is 33.3 Å². The Morgan fingerprint density at radius 3 is 1.93 bits per heavy atom. The smallest absolute Gasteiger partial charge is 0.128 e. The Morgan fingerprint density at radius 2 is 1.32 bits per heavy atom. The molecule has 0 unspecified atom stereocenters. The molecule has 2 aromatic carbocycles. The van der Waals surface area contributed by atoms with E-state index in [1.165, 1.54) is 33.4 Å². The van der Waals surface area contributed by atoms with Crippen LogP contribution in [0.5, 0.6) is 5.75 Å². The van der Waals surface area contributed by atoms with Gasteiger partial charge in [-0.1, -0.05) is 0 Å². The number of hydrogen-bond donors (Lipinski definition) is 2. The Labute approximate surface area is 162 Å². The van der Waals surface area contributed by atoms with Crippen LogP contribution in [0.25, 0.3) is 33.6 Å². The Balaban J connectivity index is 1.52. The normalized spacial score (nSPS) is 13.9. The summed E-state index contributed by atoms with van der Waals surface area (Å²) >= 11 is 0. The zero-order valence-electron chi connectivity index (χ0n) is 15.9. The van der Waals surface area contributed by atoms with Crippen molar-refractivity contribution in [1.29, 1.82) is 0 Å². The van der Waals surface area contributed by atoms with Gasteiger partial charge in [0.15, 0.2) is 0 Å². The summed E-state index contributed by atoms with van der Waals surface area (Å²) in [5.74, 6) is 2.85. The lowest BCUT2D eigenvalue weighted by Gasteiger charge is -2.30. The average molecular weight is 368 g/mol. The molecular weight excluding hydrogens is 348 g/mol. The molecule has 0 amide bonds. The van der Waals surface area contributed by atoms with E-state index in [-0.39, 0.29) is 0 Å². The Morgan fingerprint density at radius 1 is 0.750 bits per heavy atom. The number of H-pyrrole nitrogens is 2. The molecule has 2 aromatic heterocycles. The lowest BCUT2D eigenvalue weighted by atomic mass is 9.79. The number of imidazole rings is 2. The molecule has 0 bridgehead atoms. The number of hydrogen-bond acceptors (Lipinski definition) is 3. The molecule has 138 valence electrons. The summed E-state index contributed by atoms with van der Waals surface area (Å²) in [6.45, 7) is 4.56. The maximum Gasteiger partial charge on any atom is 0.128 e. The van der Waals surface area contributed by atoms with Crippen LogP contribution in [0.2, 0.25) is 0 Å². The third-order valence-corrected chi connectivity index (χ3v) is 5.81. The largest absolute Gasteiger partial charge is 0.488 e. The Kier molecular flexibility index (Phi) is 3.13. The molecule has 2 aliphatic rings. The van der Waals surface area contributed by atoms with Gasteiger partial charge in [0, 0.05) is 16.7 Å². The maximum atomic E-state index is 6.22. The number of aromatic nitrogens is 4. The van der Waals surface area contributed by atoms with Gasteiger partial charge in [-0.15, -0.1) is 0 Å². The van der Waals surface area contributed by atoms with Gasteiger partial charge >= 0.3 is 0 Å². The summed E-state index contributed by atoms with van der Waals surface area (Å²) in [4.78, 5) is 15.4. The summed E-state index contributed by atoms with van der Waals surface area (Å²) in [6, 6.07) is 9.00. The zero-order valence-corrected chi connectivity index (χ0v) is 15.9. The fourth-order valence-corrected chi connectivity index (χ4v) is 4.54. The fourth-order valence-electron chi connectivity index (χ4n) is 4.54. The number of rotatable bonds is 2. The van der Waals surface area contributed by atoms with E-state index in [0.29, 0.717) is 6.61 Å². The SMILES string of the molecule is Cc1ncc(-c2cc3c4c(c2)COc2cc(-c5cnc(C)[nH]5)cc(c2-4)CC3)[nH]1. The van der Waals surface area contributed by atoms with E-state index in [4.69, 9.17) is 4.74 Å². The van der Waals surface area contributed by atoms with Gasteiger partial charge in [0.25, 0.3) is 0 Å². The Hall–Kier alpha value is -3.34. The highest BCUT2D eigenvalue weighted by Gasteiger charge is 2.28. The molecule has 5 nitrogen and oxygen atoms in total. The molecule has 0 saturated carbocycles. The van der Waals surface area contributed by atoms with Crippen LogP contribution in [0.4, 0.5) is 0 Å². The van der Waals surface area contributed by atoms with Crippen LogP contribution < -0.4 is 4.74 Å². The summed E-state index contributed by atoms with van der Waals surface area (Å²) in [5.41, 5.74) is 11.1. The van der Waals surface area contributed by atoms with Crippen LogP contribution in [0.1, 0.15) is 28.3 Å². The van der Waals surface area contributed by atoms with Crippen molar-refractivity contribution < 1.29 is 4.74 Å². The summed E-state index contributed by atoms with van der Waals surface area (Å²) < 4.78 is 6.22. The van der Waals surface area contributed by atoms with Gasteiger partial charge in [0.1, 0.15) is 24.0 Å². The summed E-state index contributed by atoms with van der Waals surface area (Å²) in [5, 5.41) is 0. The minimum absolute atomic E-state index is 0.598. The second-order valence-electron chi connectivity index (χ2n) is 7.73. The predicted molar refractivity (Wildman–Crippen MR) is 108 cm³/mol. The van der Waals surface area contributed by atoms with Crippen molar-refractivity contribution >= 4 is 0 Å². The van der Waals surface area contributed by atoms with Gasteiger partial charge in [-0.25, -0.2) is 9.97 Å². The quantitative estimate of drug-likeness (QED) is 0.537. The van der Waals surface area contributed by atoms with Crippen LogP contribution in [0.3, 0.4) is 0 Å². The van der Waals surface area contributed by atoms with Gasteiger partial charge in [-0.3, -0.25) is 0 Å². The fraction of sp³-hybridized carbons (Fsp3) is 0.217. The van der Waals surface area contributed by atoms with E-state index in [2.05, 4.69) is 44.2 Å². The predicted octanol–water partition coefficient (Wildman–Crippen LogP) is 4.74. The van der Waals surface area contributed by atoms with E-state index in [1.54, 1.807) is 0 Å². The topological polar surface area (TPSA) is 66.6 Å². The lowest BCUT2D eigenvalue weighted by molar-refractivity contribution is 0.301. The van der Waals surface area contributed by atoms with E-state index in [1.807, 2.05) is 26.2 Å². The molecule has 5 heteroatoms. The highest BCUT2D eigenvalue weighted by Crippen LogP contribution is 2.48. The van der Waals surface area contributed by atoms with Crippen LogP contribution in [-0.2, 0) is 19.4 Å². The molecule has 0 radical (unpaired) electrons. The third kappa shape index (κ3) is 2.26. The van der Waals surface area contributed by atoms with E-state index in [9.17, 15) is 0 Å². The molecule has 0 atom stereocenters. The van der Waals surface area contributed by atoms with Crippen molar-refractivity contribution in [3.8, 4) is 39.4 Å². The first-order chi connectivity index (χ1) is 13.7. The van der Waals surface area contributed by atoms with Crippen molar-refractivity contribution in [3.05, 3.63) is 65.0 Å². The minimum atomic E-state index is 0.598. The van der Waals surface area contributed by atoms with Crippen molar-refractivity contribution in [2.24, 2.45) is 0 Å². The molecule has 0 saturated heterocycles. The van der Waals surface area contributed by atoms with Gasteiger partial charge < -0.3 is 14.7 Å². The molecule has 1 aliphatic carbocycles. The van der Waals surface area contributed by atoms with Crippen LogP contribution >= 0.6 is 0 Å². The van der Waals surface area contributed by atoms with Gasteiger partial charge in [0.05, 0.1) is 23.8 Å². The molecule has 2 N–H and O–H groups in total. The number of ether oxygens (including phenoxy) is 1. The molecule has 28 heavy (non-hydrogen) atoms. The average Bonchev–Trinajstić information content (AvgIpc) is 3.34. The number of benzene rings is 2. The van der Waals surface area contributed by atoms with Crippen molar-refractivity contribution in [2.75, 3.05) is 0 Å². The molecule has 0 fully saturated rings. The number of aryl methyl sites for hydroxylation is 4. The minimum Gasteiger partial charge on any atom is -0.488 e. The first kappa shape index (κ1) is 15.7. The molecule has 0 spiro atoms. The van der Waals surface area contributed by atoms with Crippen LogP contribution in [0.15, 0.2) is 36.7 Å². The standard InChI is InChI=1S/C23H20N4O/c1-12-24-9-19(26-12)16-5-14-3-4-15-6-17(20-10-25-13(2)27-20)8-21-23(15)22(14)18(7-16)11-28-21/h5-10H,3-4,11H2,1-2H3,(H,24,26)(H,25,27). The third-order valence-electron chi connectivity index (χ3n) is 5.81. The maximum absolute atomic E-state index is 6.22. The zero-order chi connectivity index (χ0) is 18.8. The van der Waals surface area contributed by atoms with E-state index < -0.39 is 0 Å². The van der Waals surface area contributed by atoms with Gasteiger partial charge in [-0.05, 0) is 73.2 Å². The molecule has 3 heterocycles. The van der Waals surface area contributed by atoms with Crippen LogP contribution in [0, 0.1) is 13.8 Å². The summed E-state index contributed by atoms with van der Waals surface area (Å²) in [7, 11) is 0. The van der Waals surface area contributed by atoms with Gasteiger partial charge in [0.2, 0.25) is 0 Å². The Bertz CT molecular complexity index is 1100. The van der Waals surface area contributed by atoms with Crippen molar-refractivity contribution in [1.82, 2.24) is 19.9 Å². The molecule has 6 rings (SSSR count). The molecular formula is C23H20N4O. The lowest BCUT2D eigenvalue weighted by Crippen LogP contribution is -2.14. The second kappa shape index (κ2) is 5.58. The van der Waals surface area contributed by atoms with Crippen molar-refractivity contribution in [3.63, 3.8) is 0 Å². The highest BCUT2D eigenvalue weighted by molar-refractivity contribution is 5.87. The highest BCUT2D eigenvalue weighted by atomic mass is 16.5. The first-order valence-corrected chi connectivity index (χ1v) is 9.65. The van der Waals surface area contributed by atoms with Gasteiger partial charge in [-0.2, -0.15) is 0 Å². The summed E-state index contributed by atoms with van der Waals surface area (Å²) in [6.07, 6.45) is 5.87. The van der Waals surface area contributed by atoms with Crippen LogP contribution in [-0.4, -0.2) is 19.9 Å². The molecule has 4 aromatic rings. The first-order valence-electron chi connectivity index (χ1n) is 9.65. The monoisotopic (exact) mass is 368 g/mol.